The Kier molecular flexibility index (Phi) is 4.69. The van der Waals surface area contributed by atoms with Crippen LogP contribution in [-0.2, 0) is 0 Å². The Labute approximate surface area is 72.2 Å². The monoisotopic (exact) mass is 167 g/mol. The van der Waals surface area contributed by atoms with Crippen molar-refractivity contribution in [1.29, 1.82) is 0 Å². The number of hydrogen-bond donors (Lipinski definition) is 0. The molecule has 0 heterocycles. The van der Waals surface area contributed by atoms with Crippen LogP contribution in [0.25, 0.3) is 0 Å². The number of hydrogen-bond acceptors (Lipinski definition) is 2. The van der Waals surface area contributed by atoms with E-state index in [1.165, 1.54) is 12.2 Å². The van der Waals surface area contributed by atoms with Crippen LogP contribution in [0.4, 0.5) is 0 Å². The Bertz CT molecular complexity index is 239. The number of nitrogens with zero attached hydrogens (tertiary/aromatic N) is 1. The van der Waals surface area contributed by atoms with E-state index in [0.717, 1.165) is 12.0 Å². The van der Waals surface area contributed by atoms with Crippen LogP contribution in [0.3, 0.4) is 0 Å². The zero-order valence-corrected chi connectivity index (χ0v) is 7.41. The van der Waals surface area contributed by atoms with Gasteiger partial charge in [-0.2, -0.15) is 0 Å². The van der Waals surface area contributed by atoms with Crippen LogP contribution in [0.1, 0.15) is 20.3 Å². The van der Waals surface area contributed by atoms with Gasteiger partial charge in [-0.25, -0.2) is 0 Å². The summed E-state index contributed by atoms with van der Waals surface area (Å²) in [6, 6.07) is 0. The second kappa shape index (κ2) is 5.29. The van der Waals surface area contributed by atoms with E-state index in [1.807, 2.05) is 6.92 Å². The molecule has 0 saturated carbocycles. The van der Waals surface area contributed by atoms with E-state index in [9.17, 15) is 10.1 Å². The van der Waals surface area contributed by atoms with E-state index < -0.39 is 4.92 Å². The summed E-state index contributed by atoms with van der Waals surface area (Å²) in [6.07, 6.45) is 5.40. The first-order chi connectivity index (χ1) is 5.61. The summed E-state index contributed by atoms with van der Waals surface area (Å²) >= 11 is 0. The molecule has 3 nitrogen and oxygen atoms in total. The molecule has 0 aliphatic carbocycles. The molecule has 0 aliphatic rings. The van der Waals surface area contributed by atoms with E-state index in [0.29, 0.717) is 0 Å². The van der Waals surface area contributed by atoms with Crippen molar-refractivity contribution >= 4 is 0 Å². The average Bonchev–Trinajstić information content (AvgIpc) is 2.04. The lowest BCUT2D eigenvalue weighted by atomic mass is 10.2. The number of allylic oxidation sites excluding steroid dienone is 4. The van der Waals surface area contributed by atoms with Gasteiger partial charge in [0.05, 0.1) is 4.92 Å². The molecule has 0 unspecified atom stereocenters. The predicted molar refractivity (Wildman–Crippen MR) is 49.3 cm³/mol. The molecule has 0 N–H and O–H groups in total. The molecule has 0 fully saturated rings. The summed E-state index contributed by atoms with van der Waals surface area (Å²) in [4.78, 5) is 9.87. The molecule has 0 atom stereocenters. The van der Waals surface area contributed by atoms with Gasteiger partial charge in [-0.15, -0.1) is 0 Å². The lowest BCUT2D eigenvalue weighted by molar-refractivity contribution is -0.419. The molecular weight excluding hydrogens is 154 g/mol. The molecule has 0 bridgehead atoms. The standard InChI is InChI=1S/C9H13NO2/c1-4-8(3)6-7-9(5-2)10(11)12/h5-7H,3-4H2,1-2H3/b7-6-,9-5+. The quantitative estimate of drug-likeness (QED) is 0.367. The normalized spacial score (nSPS) is 12.0. The van der Waals surface area contributed by atoms with Crippen molar-refractivity contribution in [3.05, 3.63) is 46.2 Å². The predicted octanol–water partition coefficient (Wildman–Crippen LogP) is 2.69. The van der Waals surface area contributed by atoms with Crippen molar-refractivity contribution in [3.8, 4) is 0 Å². The van der Waals surface area contributed by atoms with E-state index >= 15 is 0 Å². The summed E-state index contributed by atoms with van der Waals surface area (Å²) in [5, 5.41) is 10.3. The average molecular weight is 167 g/mol. The van der Waals surface area contributed by atoms with Crippen LogP contribution in [0.5, 0.6) is 0 Å². The third kappa shape index (κ3) is 3.71. The van der Waals surface area contributed by atoms with Crippen LogP contribution in [0, 0.1) is 10.1 Å². The highest BCUT2D eigenvalue weighted by Crippen LogP contribution is 2.03. The fourth-order valence-electron chi connectivity index (χ4n) is 0.584. The van der Waals surface area contributed by atoms with E-state index in [1.54, 1.807) is 13.0 Å². The Morgan fingerprint density at radius 1 is 1.58 bits per heavy atom. The van der Waals surface area contributed by atoms with Gasteiger partial charge >= 0.3 is 0 Å². The topological polar surface area (TPSA) is 43.1 Å². The van der Waals surface area contributed by atoms with Gasteiger partial charge in [0, 0.05) is 6.08 Å². The zero-order valence-electron chi connectivity index (χ0n) is 7.41. The fraction of sp³-hybridized carbons (Fsp3) is 0.333. The molecular formula is C9H13NO2. The maximum Gasteiger partial charge on any atom is 0.265 e. The first-order valence-corrected chi connectivity index (χ1v) is 3.78. The van der Waals surface area contributed by atoms with E-state index in [4.69, 9.17) is 0 Å². The zero-order chi connectivity index (χ0) is 9.56. The molecule has 0 radical (unpaired) electrons. The smallest absolute Gasteiger partial charge is 0.258 e. The third-order valence-corrected chi connectivity index (χ3v) is 1.45. The van der Waals surface area contributed by atoms with Crippen LogP contribution in [0.15, 0.2) is 36.1 Å². The Hall–Kier alpha value is -1.38. The highest BCUT2D eigenvalue weighted by atomic mass is 16.6. The summed E-state index contributed by atoms with van der Waals surface area (Å²) in [5.74, 6) is 0. The van der Waals surface area contributed by atoms with Gasteiger partial charge in [-0.3, -0.25) is 10.1 Å². The molecule has 12 heavy (non-hydrogen) atoms. The van der Waals surface area contributed by atoms with Crippen molar-refractivity contribution in [2.75, 3.05) is 0 Å². The second-order valence-corrected chi connectivity index (χ2v) is 2.32. The third-order valence-electron chi connectivity index (χ3n) is 1.45. The van der Waals surface area contributed by atoms with Gasteiger partial charge in [0.2, 0.25) is 0 Å². The Morgan fingerprint density at radius 2 is 2.17 bits per heavy atom. The molecule has 0 spiro atoms. The first-order valence-electron chi connectivity index (χ1n) is 3.78. The lowest BCUT2D eigenvalue weighted by Gasteiger charge is -1.91. The van der Waals surface area contributed by atoms with Gasteiger partial charge < -0.3 is 0 Å². The molecule has 0 amide bonds. The molecule has 0 saturated heterocycles. The molecule has 0 aromatic carbocycles. The van der Waals surface area contributed by atoms with Crippen molar-refractivity contribution in [2.45, 2.75) is 20.3 Å². The van der Waals surface area contributed by atoms with Gasteiger partial charge in [0.1, 0.15) is 0 Å². The summed E-state index contributed by atoms with van der Waals surface area (Å²) in [5.41, 5.74) is 0.987. The lowest BCUT2D eigenvalue weighted by Crippen LogP contribution is -1.94. The molecule has 0 aromatic heterocycles. The molecule has 0 rings (SSSR count). The van der Waals surface area contributed by atoms with Crippen LogP contribution >= 0.6 is 0 Å². The highest BCUT2D eigenvalue weighted by Gasteiger charge is 2.01. The molecule has 0 aromatic rings. The number of rotatable bonds is 4. The SMILES string of the molecule is C=C(/C=C\C(=C/C)[N+](=O)[O-])CC. The first kappa shape index (κ1) is 10.6. The van der Waals surface area contributed by atoms with Gasteiger partial charge in [-0.05, 0) is 19.4 Å². The second-order valence-electron chi connectivity index (χ2n) is 2.32. The van der Waals surface area contributed by atoms with Crippen LogP contribution in [0.2, 0.25) is 0 Å². The van der Waals surface area contributed by atoms with Crippen molar-refractivity contribution in [3.63, 3.8) is 0 Å². The molecule has 3 heteroatoms. The van der Waals surface area contributed by atoms with Crippen LogP contribution < -0.4 is 0 Å². The minimum atomic E-state index is -0.417. The van der Waals surface area contributed by atoms with Crippen LogP contribution in [-0.4, -0.2) is 4.92 Å². The van der Waals surface area contributed by atoms with Gasteiger partial charge in [0.15, 0.2) is 0 Å². The molecule has 0 aliphatic heterocycles. The van der Waals surface area contributed by atoms with Gasteiger partial charge in [-0.1, -0.05) is 25.2 Å². The van der Waals surface area contributed by atoms with Crippen molar-refractivity contribution < 1.29 is 4.92 Å². The van der Waals surface area contributed by atoms with Crippen molar-refractivity contribution in [1.82, 2.24) is 0 Å². The Morgan fingerprint density at radius 3 is 2.50 bits per heavy atom. The number of nitro groups is 1. The molecule has 66 valence electrons. The minimum absolute atomic E-state index is 0.101. The Balaban J connectivity index is 4.32. The summed E-state index contributed by atoms with van der Waals surface area (Å²) < 4.78 is 0. The maximum absolute atomic E-state index is 10.3. The van der Waals surface area contributed by atoms with E-state index in [2.05, 4.69) is 6.58 Å². The maximum atomic E-state index is 10.3. The minimum Gasteiger partial charge on any atom is -0.258 e. The fourth-order valence-corrected chi connectivity index (χ4v) is 0.584. The van der Waals surface area contributed by atoms with E-state index in [-0.39, 0.29) is 5.70 Å². The summed E-state index contributed by atoms with van der Waals surface area (Å²) in [6.45, 7) is 7.29. The summed E-state index contributed by atoms with van der Waals surface area (Å²) in [7, 11) is 0. The van der Waals surface area contributed by atoms with Gasteiger partial charge in [0.25, 0.3) is 5.70 Å². The largest absolute Gasteiger partial charge is 0.265 e. The highest BCUT2D eigenvalue weighted by molar-refractivity contribution is 5.21. The van der Waals surface area contributed by atoms with Crippen molar-refractivity contribution in [2.24, 2.45) is 0 Å².